The van der Waals surface area contributed by atoms with Crippen molar-refractivity contribution < 1.29 is 14.3 Å². The average Bonchev–Trinajstić information content (AvgIpc) is 3.16. The zero-order chi connectivity index (χ0) is 19.7. The third-order valence-corrected chi connectivity index (χ3v) is 5.85. The topological polar surface area (TPSA) is 60.3 Å². The van der Waals surface area contributed by atoms with Crippen LogP contribution in [0.15, 0.2) is 58.0 Å². The number of ether oxygens (including phenoxy) is 1. The van der Waals surface area contributed by atoms with Crippen LogP contribution in [0.2, 0.25) is 5.02 Å². The molecule has 0 spiro atoms. The van der Waals surface area contributed by atoms with Gasteiger partial charge in [-0.25, -0.2) is 0 Å². The molecule has 0 atom stereocenters. The Morgan fingerprint density at radius 2 is 2.04 bits per heavy atom. The summed E-state index contributed by atoms with van der Waals surface area (Å²) >= 11 is 10.5. The number of halogens is 2. The fourth-order valence-electron chi connectivity index (χ4n) is 2.97. The summed E-state index contributed by atoms with van der Waals surface area (Å²) in [6.07, 6.45) is 3.70. The first-order chi connectivity index (χ1) is 13.5. The molecule has 4 rings (SSSR count). The molecule has 1 fully saturated rings. The van der Waals surface area contributed by atoms with Gasteiger partial charge in [0.15, 0.2) is 0 Å². The van der Waals surface area contributed by atoms with Gasteiger partial charge in [0.2, 0.25) is 0 Å². The van der Waals surface area contributed by atoms with Gasteiger partial charge in [0.1, 0.15) is 12.4 Å². The summed E-state index contributed by atoms with van der Waals surface area (Å²) in [5, 5.41) is 3.48. The van der Waals surface area contributed by atoms with Crippen LogP contribution >= 0.6 is 39.3 Å². The largest absolute Gasteiger partial charge is 0.490 e. The number of rotatable bonds is 5. The van der Waals surface area contributed by atoms with Gasteiger partial charge < -0.3 is 9.30 Å². The molecule has 1 aliphatic rings. The number of hydrogen-bond donors (Lipinski definition) is 1. The van der Waals surface area contributed by atoms with Crippen molar-refractivity contribution in [1.82, 2.24) is 9.88 Å². The van der Waals surface area contributed by atoms with E-state index in [2.05, 4.69) is 25.8 Å². The summed E-state index contributed by atoms with van der Waals surface area (Å²) in [6.45, 7) is 1.04. The normalized spacial score (nSPS) is 15.4. The molecule has 0 aliphatic carbocycles. The molecule has 0 unspecified atom stereocenters. The minimum atomic E-state index is -0.368. The Hall–Kier alpha value is -2.22. The van der Waals surface area contributed by atoms with E-state index in [0.29, 0.717) is 28.8 Å². The van der Waals surface area contributed by atoms with Gasteiger partial charge >= 0.3 is 0 Å². The fraction of sp³-hybridized carbons (Fsp3) is 0.100. The lowest BCUT2D eigenvalue weighted by Crippen LogP contribution is -2.17. The zero-order valence-corrected chi connectivity index (χ0v) is 17.6. The van der Waals surface area contributed by atoms with E-state index >= 15 is 0 Å². The van der Waals surface area contributed by atoms with Gasteiger partial charge in [-0.15, -0.1) is 0 Å². The number of amides is 2. The highest BCUT2D eigenvalue weighted by molar-refractivity contribution is 9.10. The van der Waals surface area contributed by atoms with Crippen molar-refractivity contribution in [2.75, 3.05) is 6.61 Å². The van der Waals surface area contributed by atoms with Crippen LogP contribution in [0.3, 0.4) is 0 Å². The van der Waals surface area contributed by atoms with Gasteiger partial charge in [0.25, 0.3) is 11.1 Å². The summed E-state index contributed by atoms with van der Waals surface area (Å²) in [6, 6.07) is 13.3. The van der Waals surface area contributed by atoms with Crippen LogP contribution in [0, 0.1) is 0 Å². The lowest BCUT2D eigenvalue weighted by molar-refractivity contribution is -0.115. The van der Waals surface area contributed by atoms with Crippen LogP contribution in [0.1, 0.15) is 5.56 Å². The molecule has 28 heavy (non-hydrogen) atoms. The Bertz CT molecular complexity index is 1130. The number of aromatic nitrogens is 1. The third-order valence-electron chi connectivity index (χ3n) is 4.23. The summed E-state index contributed by atoms with van der Waals surface area (Å²) in [4.78, 5) is 23.7. The number of para-hydroxylation sites is 1. The molecule has 1 N–H and O–H groups in total. The maximum Gasteiger partial charge on any atom is 0.290 e. The Morgan fingerprint density at radius 1 is 1.21 bits per heavy atom. The average molecular weight is 478 g/mol. The molecule has 3 aromatic rings. The van der Waals surface area contributed by atoms with Crippen LogP contribution in [0.5, 0.6) is 5.75 Å². The molecular weight excluding hydrogens is 464 g/mol. The predicted octanol–water partition coefficient (Wildman–Crippen LogP) is 5.46. The SMILES string of the molecule is O=C1NC(=O)/C(=C/c2cn(CCOc3ccccc3Cl)c3ccc(Br)cc23)S1. The van der Waals surface area contributed by atoms with E-state index in [1.165, 1.54) is 0 Å². The summed E-state index contributed by atoms with van der Waals surface area (Å²) in [5.41, 5.74) is 1.87. The predicted molar refractivity (Wildman–Crippen MR) is 116 cm³/mol. The molecule has 0 bridgehead atoms. The van der Waals surface area contributed by atoms with Crippen molar-refractivity contribution >= 4 is 67.4 Å². The van der Waals surface area contributed by atoms with Crippen molar-refractivity contribution in [1.29, 1.82) is 0 Å². The number of carbonyl (C=O) groups excluding carboxylic acids is 2. The number of hydrogen-bond acceptors (Lipinski definition) is 4. The van der Waals surface area contributed by atoms with Crippen LogP contribution in [-0.2, 0) is 11.3 Å². The molecule has 5 nitrogen and oxygen atoms in total. The molecule has 0 saturated carbocycles. The maximum absolute atomic E-state index is 11.9. The van der Waals surface area contributed by atoms with E-state index in [-0.39, 0.29) is 11.1 Å². The first kappa shape index (κ1) is 19.1. The van der Waals surface area contributed by atoms with Crippen molar-refractivity contribution in [3.05, 3.63) is 68.6 Å². The van der Waals surface area contributed by atoms with Gasteiger partial charge in [-0.3, -0.25) is 14.9 Å². The Labute approximate surface area is 178 Å². The van der Waals surface area contributed by atoms with Gasteiger partial charge in [-0.05, 0) is 48.2 Å². The number of fused-ring (bicyclic) bond motifs is 1. The van der Waals surface area contributed by atoms with Gasteiger partial charge in [0.05, 0.1) is 16.5 Å². The Morgan fingerprint density at radius 3 is 2.79 bits per heavy atom. The van der Waals surface area contributed by atoms with E-state index in [1.54, 1.807) is 12.1 Å². The number of nitrogens with zero attached hydrogens (tertiary/aromatic N) is 1. The van der Waals surface area contributed by atoms with Gasteiger partial charge in [-0.1, -0.05) is 39.7 Å². The van der Waals surface area contributed by atoms with Crippen LogP contribution < -0.4 is 10.1 Å². The van der Waals surface area contributed by atoms with Crippen LogP contribution in [0.4, 0.5) is 4.79 Å². The molecule has 142 valence electrons. The number of carbonyl (C=O) groups is 2. The van der Waals surface area contributed by atoms with E-state index in [0.717, 1.165) is 32.7 Å². The summed E-state index contributed by atoms with van der Waals surface area (Å²) < 4.78 is 8.79. The zero-order valence-electron chi connectivity index (χ0n) is 14.4. The van der Waals surface area contributed by atoms with Crippen LogP contribution in [0.25, 0.3) is 17.0 Å². The smallest absolute Gasteiger partial charge is 0.290 e. The molecule has 2 amide bonds. The highest BCUT2D eigenvalue weighted by Gasteiger charge is 2.25. The molecular formula is C20H14BrClN2O3S. The first-order valence-electron chi connectivity index (χ1n) is 8.42. The number of benzene rings is 2. The standard InChI is InChI=1S/C20H14BrClN2O3S/c21-13-5-6-16-14(10-13)12(9-18-19(25)23-20(26)28-18)11-24(16)7-8-27-17-4-2-1-3-15(17)22/h1-6,9-11H,7-8H2,(H,23,25,26)/b18-9-. The number of imide groups is 1. The molecule has 1 saturated heterocycles. The highest BCUT2D eigenvalue weighted by atomic mass is 79.9. The summed E-state index contributed by atoms with van der Waals surface area (Å²) in [5.74, 6) is 0.274. The van der Waals surface area contributed by atoms with Gasteiger partial charge in [0, 0.05) is 27.1 Å². The number of nitrogens with one attached hydrogen (secondary N) is 1. The molecule has 1 aromatic heterocycles. The molecule has 8 heteroatoms. The molecule has 0 radical (unpaired) electrons. The third kappa shape index (κ3) is 3.97. The van der Waals surface area contributed by atoms with E-state index in [1.807, 2.05) is 42.6 Å². The second-order valence-electron chi connectivity index (χ2n) is 6.07. The molecule has 1 aliphatic heterocycles. The number of thioether (sulfide) groups is 1. The molecule has 2 aromatic carbocycles. The monoisotopic (exact) mass is 476 g/mol. The van der Waals surface area contributed by atoms with E-state index in [4.69, 9.17) is 16.3 Å². The lowest BCUT2D eigenvalue weighted by Gasteiger charge is -2.09. The van der Waals surface area contributed by atoms with Crippen molar-refractivity contribution in [2.24, 2.45) is 0 Å². The quantitative estimate of drug-likeness (QED) is 0.496. The second kappa shape index (κ2) is 8.03. The van der Waals surface area contributed by atoms with Crippen molar-refractivity contribution in [2.45, 2.75) is 6.54 Å². The minimum absolute atomic E-state index is 0.352. The fourth-order valence-corrected chi connectivity index (χ4v) is 4.20. The Balaban J connectivity index is 1.62. The minimum Gasteiger partial charge on any atom is -0.490 e. The molecule has 2 heterocycles. The van der Waals surface area contributed by atoms with E-state index in [9.17, 15) is 9.59 Å². The Kier molecular flexibility index (Phi) is 5.48. The second-order valence-corrected chi connectivity index (χ2v) is 8.41. The first-order valence-corrected chi connectivity index (χ1v) is 10.4. The van der Waals surface area contributed by atoms with Crippen LogP contribution in [-0.4, -0.2) is 22.3 Å². The van der Waals surface area contributed by atoms with Crippen molar-refractivity contribution in [3.63, 3.8) is 0 Å². The summed E-state index contributed by atoms with van der Waals surface area (Å²) in [7, 11) is 0. The van der Waals surface area contributed by atoms with Crippen molar-refractivity contribution in [3.8, 4) is 5.75 Å². The highest BCUT2D eigenvalue weighted by Crippen LogP contribution is 2.31. The van der Waals surface area contributed by atoms with Gasteiger partial charge in [-0.2, -0.15) is 0 Å². The van der Waals surface area contributed by atoms with E-state index < -0.39 is 0 Å². The lowest BCUT2D eigenvalue weighted by atomic mass is 10.1. The maximum atomic E-state index is 11.9.